The van der Waals surface area contributed by atoms with Crippen LogP contribution in [0.25, 0.3) is 0 Å². The third-order valence-electron chi connectivity index (χ3n) is 3.33. The normalized spacial score (nSPS) is 12.0. The fourth-order valence-electron chi connectivity index (χ4n) is 2.01. The SMILES string of the molecule is CCN(C)C(OC(=O)COc1ccccc1)c1ccccc1. The molecular weight excluding hydrogens is 278 g/mol. The van der Waals surface area contributed by atoms with E-state index in [1.807, 2.05) is 67.4 Å². The summed E-state index contributed by atoms with van der Waals surface area (Å²) in [4.78, 5) is 14.0. The Morgan fingerprint density at radius 2 is 1.64 bits per heavy atom. The van der Waals surface area contributed by atoms with Crippen molar-refractivity contribution >= 4 is 5.97 Å². The molecule has 0 heterocycles. The molecule has 4 heteroatoms. The van der Waals surface area contributed by atoms with E-state index in [4.69, 9.17) is 9.47 Å². The second-order valence-corrected chi connectivity index (χ2v) is 4.93. The highest BCUT2D eigenvalue weighted by Crippen LogP contribution is 2.20. The minimum atomic E-state index is -0.405. The molecule has 0 saturated heterocycles. The molecular formula is C18H21NO3. The lowest BCUT2D eigenvalue weighted by Gasteiger charge is -2.27. The molecule has 22 heavy (non-hydrogen) atoms. The van der Waals surface area contributed by atoms with Gasteiger partial charge in [-0.1, -0.05) is 55.5 Å². The number of hydrogen-bond acceptors (Lipinski definition) is 4. The van der Waals surface area contributed by atoms with Gasteiger partial charge in [-0.15, -0.1) is 0 Å². The summed E-state index contributed by atoms with van der Waals surface area (Å²) in [7, 11) is 1.92. The predicted octanol–water partition coefficient (Wildman–Crippen LogP) is 3.26. The van der Waals surface area contributed by atoms with Gasteiger partial charge in [0.05, 0.1) is 0 Å². The van der Waals surface area contributed by atoms with Crippen LogP contribution in [0, 0.1) is 0 Å². The summed E-state index contributed by atoms with van der Waals surface area (Å²) in [5.74, 6) is 0.262. The smallest absolute Gasteiger partial charge is 0.345 e. The van der Waals surface area contributed by atoms with Gasteiger partial charge in [0.1, 0.15) is 5.75 Å². The second-order valence-electron chi connectivity index (χ2n) is 4.93. The maximum Gasteiger partial charge on any atom is 0.345 e. The fraction of sp³-hybridized carbons (Fsp3) is 0.278. The van der Waals surface area contributed by atoms with Gasteiger partial charge in [-0.2, -0.15) is 0 Å². The molecule has 0 spiro atoms. The lowest BCUT2D eigenvalue weighted by molar-refractivity contribution is -0.161. The Balaban J connectivity index is 1.96. The fourth-order valence-corrected chi connectivity index (χ4v) is 2.01. The number of para-hydroxylation sites is 1. The number of esters is 1. The van der Waals surface area contributed by atoms with Gasteiger partial charge in [0.25, 0.3) is 0 Å². The Morgan fingerprint density at radius 3 is 2.23 bits per heavy atom. The summed E-state index contributed by atoms with van der Waals surface area (Å²) in [6.07, 6.45) is -0.405. The van der Waals surface area contributed by atoms with Gasteiger partial charge in [0.2, 0.25) is 0 Å². The van der Waals surface area contributed by atoms with Gasteiger partial charge in [0, 0.05) is 5.56 Å². The Hall–Kier alpha value is -2.33. The Bertz CT molecular complexity index is 571. The van der Waals surface area contributed by atoms with E-state index in [1.165, 1.54) is 0 Å². The molecule has 0 aliphatic rings. The summed E-state index contributed by atoms with van der Waals surface area (Å²) in [6.45, 7) is 2.68. The highest BCUT2D eigenvalue weighted by atomic mass is 16.6. The van der Waals surface area contributed by atoms with Crippen LogP contribution in [0.2, 0.25) is 0 Å². The average molecular weight is 299 g/mol. The monoisotopic (exact) mass is 299 g/mol. The number of nitrogens with zero attached hydrogens (tertiary/aromatic N) is 1. The van der Waals surface area contributed by atoms with E-state index in [-0.39, 0.29) is 6.61 Å². The lowest BCUT2D eigenvalue weighted by atomic mass is 10.2. The molecule has 2 aromatic rings. The number of hydrogen-bond donors (Lipinski definition) is 0. The molecule has 0 saturated carbocycles. The van der Waals surface area contributed by atoms with Crippen LogP contribution in [0.5, 0.6) is 5.75 Å². The molecule has 2 aromatic carbocycles. The number of carbonyl (C=O) groups excluding carboxylic acids is 1. The van der Waals surface area contributed by atoms with Gasteiger partial charge in [0.15, 0.2) is 12.8 Å². The first kappa shape index (κ1) is 16.0. The van der Waals surface area contributed by atoms with Crippen molar-refractivity contribution in [3.63, 3.8) is 0 Å². The van der Waals surface area contributed by atoms with E-state index in [2.05, 4.69) is 0 Å². The zero-order valence-corrected chi connectivity index (χ0v) is 12.9. The molecule has 0 fully saturated rings. The molecule has 0 amide bonds. The lowest BCUT2D eigenvalue weighted by Crippen LogP contribution is -2.30. The van der Waals surface area contributed by atoms with E-state index >= 15 is 0 Å². The number of ether oxygens (including phenoxy) is 2. The number of rotatable bonds is 7. The molecule has 0 aliphatic heterocycles. The van der Waals surface area contributed by atoms with Crippen LogP contribution < -0.4 is 4.74 Å². The van der Waals surface area contributed by atoms with Gasteiger partial charge in [-0.05, 0) is 25.7 Å². The summed E-state index contributed by atoms with van der Waals surface area (Å²) >= 11 is 0. The molecule has 1 unspecified atom stereocenters. The van der Waals surface area contributed by atoms with Crippen molar-refractivity contribution in [2.75, 3.05) is 20.2 Å². The third kappa shape index (κ3) is 4.60. The number of benzene rings is 2. The quantitative estimate of drug-likeness (QED) is 0.581. The van der Waals surface area contributed by atoms with E-state index in [0.29, 0.717) is 5.75 Å². The van der Waals surface area contributed by atoms with Crippen LogP contribution in [0.3, 0.4) is 0 Å². The third-order valence-corrected chi connectivity index (χ3v) is 3.33. The van der Waals surface area contributed by atoms with Crippen molar-refractivity contribution in [3.05, 3.63) is 66.2 Å². The van der Waals surface area contributed by atoms with Crippen LogP contribution in [-0.4, -0.2) is 31.1 Å². The van der Waals surface area contributed by atoms with E-state index in [1.54, 1.807) is 12.1 Å². The molecule has 0 bridgehead atoms. The van der Waals surface area contributed by atoms with Crippen molar-refractivity contribution in [3.8, 4) is 5.75 Å². The highest BCUT2D eigenvalue weighted by Gasteiger charge is 2.20. The van der Waals surface area contributed by atoms with Crippen molar-refractivity contribution in [2.45, 2.75) is 13.2 Å². The van der Waals surface area contributed by atoms with Crippen LogP contribution in [0.4, 0.5) is 0 Å². The molecule has 0 N–H and O–H groups in total. The average Bonchev–Trinajstić information content (AvgIpc) is 2.59. The van der Waals surface area contributed by atoms with Gasteiger partial charge >= 0.3 is 5.97 Å². The minimum absolute atomic E-state index is 0.106. The summed E-state index contributed by atoms with van der Waals surface area (Å²) < 4.78 is 11.0. The van der Waals surface area contributed by atoms with Crippen molar-refractivity contribution in [1.29, 1.82) is 0 Å². The summed E-state index contributed by atoms with van der Waals surface area (Å²) in [5, 5.41) is 0. The Labute approximate surface area is 131 Å². The van der Waals surface area contributed by atoms with Crippen molar-refractivity contribution < 1.29 is 14.3 Å². The predicted molar refractivity (Wildman–Crippen MR) is 85.5 cm³/mol. The van der Waals surface area contributed by atoms with Gasteiger partial charge in [-0.3, -0.25) is 4.90 Å². The second kappa shape index (κ2) is 8.20. The Morgan fingerprint density at radius 1 is 1.05 bits per heavy atom. The Kier molecular flexibility index (Phi) is 5.98. The highest BCUT2D eigenvalue weighted by molar-refractivity contribution is 5.71. The largest absolute Gasteiger partial charge is 0.482 e. The van der Waals surface area contributed by atoms with Crippen molar-refractivity contribution in [1.82, 2.24) is 4.90 Å². The van der Waals surface area contributed by atoms with E-state index < -0.39 is 12.2 Å². The molecule has 0 aromatic heterocycles. The first-order chi connectivity index (χ1) is 10.7. The van der Waals surface area contributed by atoms with E-state index in [0.717, 1.165) is 12.1 Å². The first-order valence-corrected chi connectivity index (χ1v) is 7.33. The van der Waals surface area contributed by atoms with Crippen molar-refractivity contribution in [2.24, 2.45) is 0 Å². The van der Waals surface area contributed by atoms with Crippen LogP contribution in [-0.2, 0) is 9.53 Å². The van der Waals surface area contributed by atoms with Crippen LogP contribution >= 0.6 is 0 Å². The molecule has 2 rings (SSSR count). The zero-order valence-electron chi connectivity index (χ0n) is 12.9. The molecule has 116 valence electrons. The van der Waals surface area contributed by atoms with Gasteiger partial charge in [-0.25, -0.2) is 4.79 Å². The molecule has 0 radical (unpaired) electrons. The zero-order chi connectivity index (χ0) is 15.8. The maximum absolute atomic E-state index is 12.0. The van der Waals surface area contributed by atoms with Gasteiger partial charge < -0.3 is 9.47 Å². The molecule has 4 nitrogen and oxygen atoms in total. The minimum Gasteiger partial charge on any atom is -0.482 e. The molecule has 0 aliphatic carbocycles. The van der Waals surface area contributed by atoms with E-state index in [9.17, 15) is 4.79 Å². The topological polar surface area (TPSA) is 38.8 Å². The summed E-state index contributed by atoms with van der Waals surface area (Å²) in [5.41, 5.74) is 0.944. The standard InChI is InChI=1S/C18H21NO3/c1-3-19(2)18(15-10-6-4-7-11-15)22-17(20)14-21-16-12-8-5-9-13-16/h4-13,18H,3,14H2,1-2H3. The summed E-state index contributed by atoms with van der Waals surface area (Å²) in [6, 6.07) is 18.9. The maximum atomic E-state index is 12.0. The van der Waals surface area contributed by atoms with Crippen LogP contribution in [0.15, 0.2) is 60.7 Å². The molecule has 1 atom stereocenters. The van der Waals surface area contributed by atoms with Crippen LogP contribution in [0.1, 0.15) is 18.7 Å². The number of carbonyl (C=O) groups is 1. The first-order valence-electron chi connectivity index (χ1n) is 7.33.